The van der Waals surface area contributed by atoms with E-state index in [-0.39, 0.29) is 12.4 Å². The van der Waals surface area contributed by atoms with Crippen LogP contribution in [0.1, 0.15) is 5.56 Å². The molecule has 17 heavy (non-hydrogen) atoms. The maximum Gasteiger partial charge on any atom is 0.123 e. The van der Waals surface area contributed by atoms with Crippen molar-refractivity contribution in [2.45, 2.75) is 12.6 Å². The average molecular weight is 242 g/mol. The smallest absolute Gasteiger partial charge is 0.123 e. The van der Waals surface area contributed by atoms with E-state index in [4.69, 9.17) is 10.5 Å². The van der Waals surface area contributed by atoms with Gasteiger partial charge in [-0.1, -0.05) is 0 Å². The molecule has 0 saturated carbocycles. The molecule has 1 rings (SSSR count). The highest BCUT2D eigenvalue weighted by Gasteiger charge is 2.10. The maximum atomic E-state index is 13.1. The summed E-state index contributed by atoms with van der Waals surface area (Å²) < 4.78 is 18.3. The van der Waals surface area contributed by atoms with Gasteiger partial charge in [0.25, 0.3) is 0 Å². The monoisotopic (exact) mass is 242 g/mol. The van der Waals surface area contributed by atoms with Gasteiger partial charge in [-0.3, -0.25) is 4.90 Å². The molecule has 1 atom stereocenters. The summed E-state index contributed by atoms with van der Waals surface area (Å²) in [6.07, 6.45) is -0.570. The van der Waals surface area contributed by atoms with Crippen LogP contribution < -0.4 is 10.5 Å². The summed E-state index contributed by atoms with van der Waals surface area (Å²) >= 11 is 0. The van der Waals surface area contributed by atoms with Crippen LogP contribution in [-0.4, -0.2) is 43.4 Å². The molecule has 0 aromatic heterocycles. The Balaban J connectivity index is 2.69. The molecule has 0 saturated heterocycles. The molecular weight excluding hydrogens is 223 g/mol. The average Bonchev–Trinajstić information content (AvgIpc) is 2.29. The van der Waals surface area contributed by atoms with E-state index < -0.39 is 6.10 Å². The van der Waals surface area contributed by atoms with Crippen LogP contribution in [0.3, 0.4) is 0 Å². The number of halogens is 1. The lowest BCUT2D eigenvalue weighted by Gasteiger charge is -2.20. The van der Waals surface area contributed by atoms with Crippen molar-refractivity contribution in [2.75, 3.05) is 27.2 Å². The number of nitrogens with two attached hydrogens (primary N) is 1. The van der Waals surface area contributed by atoms with Gasteiger partial charge in [0.15, 0.2) is 0 Å². The molecule has 0 aliphatic carbocycles. The van der Waals surface area contributed by atoms with E-state index in [9.17, 15) is 9.50 Å². The third-order valence-electron chi connectivity index (χ3n) is 2.48. The van der Waals surface area contributed by atoms with E-state index in [1.54, 1.807) is 13.2 Å². The quantitative estimate of drug-likeness (QED) is 0.766. The SMILES string of the molecule is COc1ccc(F)cc1CN(C)CC(O)CN. The molecule has 0 aliphatic rings. The lowest BCUT2D eigenvalue weighted by Crippen LogP contribution is -2.33. The lowest BCUT2D eigenvalue weighted by atomic mass is 10.1. The first kappa shape index (κ1) is 13.9. The van der Waals surface area contributed by atoms with E-state index in [0.29, 0.717) is 18.8 Å². The zero-order chi connectivity index (χ0) is 12.8. The fourth-order valence-electron chi connectivity index (χ4n) is 1.66. The number of benzene rings is 1. The molecule has 5 heteroatoms. The van der Waals surface area contributed by atoms with Gasteiger partial charge in [-0.15, -0.1) is 0 Å². The van der Waals surface area contributed by atoms with Crippen molar-refractivity contribution in [1.82, 2.24) is 4.90 Å². The number of aliphatic hydroxyl groups excluding tert-OH is 1. The molecular formula is C12H19FN2O2. The zero-order valence-corrected chi connectivity index (χ0v) is 10.2. The molecule has 0 spiro atoms. The summed E-state index contributed by atoms with van der Waals surface area (Å²) in [6, 6.07) is 4.39. The number of rotatable bonds is 6. The fraction of sp³-hybridized carbons (Fsp3) is 0.500. The van der Waals surface area contributed by atoms with E-state index >= 15 is 0 Å². The topological polar surface area (TPSA) is 58.7 Å². The van der Waals surface area contributed by atoms with Crippen LogP contribution in [-0.2, 0) is 6.54 Å². The number of ether oxygens (including phenoxy) is 1. The van der Waals surface area contributed by atoms with Crippen LogP contribution in [0, 0.1) is 5.82 Å². The Morgan fingerprint density at radius 3 is 2.82 bits per heavy atom. The normalized spacial score (nSPS) is 12.8. The van der Waals surface area contributed by atoms with Gasteiger partial charge in [0.1, 0.15) is 11.6 Å². The fourth-order valence-corrected chi connectivity index (χ4v) is 1.66. The van der Waals surface area contributed by atoms with Crippen LogP contribution in [0.4, 0.5) is 4.39 Å². The van der Waals surface area contributed by atoms with E-state index in [1.165, 1.54) is 12.1 Å². The Morgan fingerprint density at radius 1 is 1.53 bits per heavy atom. The first-order chi connectivity index (χ1) is 8.06. The van der Waals surface area contributed by atoms with Crippen molar-refractivity contribution in [3.05, 3.63) is 29.6 Å². The van der Waals surface area contributed by atoms with Gasteiger partial charge in [-0.2, -0.15) is 0 Å². The zero-order valence-electron chi connectivity index (χ0n) is 10.2. The summed E-state index contributed by atoms with van der Waals surface area (Å²) in [5.41, 5.74) is 6.08. The van der Waals surface area contributed by atoms with Crippen LogP contribution in [0.5, 0.6) is 5.75 Å². The largest absolute Gasteiger partial charge is 0.496 e. The minimum Gasteiger partial charge on any atom is -0.496 e. The van der Waals surface area contributed by atoms with E-state index in [1.807, 2.05) is 11.9 Å². The predicted octanol–water partition coefficient (Wildman–Crippen LogP) is 0.586. The Kier molecular flexibility index (Phi) is 5.34. The Hall–Kier alpha value is -1.17. The molecule has 3 N–H and O–H groups in total. The highest BCUT2D eigenvalue weighted by atomic mass is 19.1. The van der Waals surface area contributed by atoms with Gasteiger partial charge in [0.2, 0.25) is 0 Å². The standard InChI is InChI=1S/C12H19FN2O2/c1-15(8-11(16)6-14)7-9-5-10(13)3-4-12(9)17-2/h3-5,11,16H,6-8,14H2,1-2H3. The molecule has 0 amide bonds. The molecule has 0 radical (unpaired) electrons. The molecule has 1 unspecified atom stereocenters. The van der Waals surface area contributed by atoms with Gasteiger partial charge in [-0.05, 0) is 25.2 Å². The highest BCUT2D eigenvalue weighted by Crippen LogP contribution is 2.20. The molecule has 96 valence electrons. The van der Waals surface area contributed by atoms with Crippen LogP contribution in [0.2, 0.25) is 0 Å². The predicted molar refractivity (Wildman–Crippen MR) is 64.3 cm³/mol. The number of nitrogens with zero attached hydrogens (tertiary/aromatic N) is 1. The number of likely N-dealkylation sites (N-methyl/N-ethyl adjacent to an activating group) is 1. The van der Waals surface area contributed by atoms with Crippen molar-refractivity contribution in [3.63, 3.8) is 0 Å². The van der Waals surface area contributed by atoms with Gasteiger partial charge in [0, 0.05) is 25.2 Å². The number of aliphatic hydroxyl groups is 1. The van der Waals surface area contributed by atoms with Crippen molar-refractivity contribution in [3.8, 4) is 5.75 Å². The van der Waals surface area contributed by atoms with Crippen molar-refractivity contribution >= 4 is 0 Å². The second-order valence-electron chi connectivity index (χ2n) is 4.04. The number of hydrogen-bond donors (Lipinski definition) is 2. The minimum absolute atomic E-state index is 0.213. The Labute approximate surface area is 101 Å². The minimum atomic E-state index is -0.570. The summed E-state index contributed by atoms with van der Waals surface area (Å²) in [6.45, 7) is 1.15. The van der Waals surface area contributed by atoms with Crippen LogP contribution in [0.25, 0.3) is 0 Å². The summed E-state index contributed by atoms with van der Waals surface area (Å²) in [7, 11) is 3.38. The van der Waals surface area contributed by atoms with Gasteiger partial charge in [0.05, 0.1) is 13.2 Å². The van der Waals surface area contributed by atoms with Crippen LogP contribution >= 0.6 is 0 Å². The van der Waals surface area contributed by atoms with Crippen molar-refractivity contribution in [2.24, 2.45) is 5.73 Å². The first-order valence-electron chi connectivity index (χ1n) is 5.46. The number of methoxy groups -OCH3 is 1. The maximum absolute atomic E-state index is 13.1. The molecule has 0 fully saturated rings. The summed E-state index contributed by atoms with van der Waals surface area (Å²) in [5.74, 6) is 0.342. The molecule has 0 bridgehead atoms. The Morgan fingerprint density at radius 2 is 2.24 bits per heavy atom. The van der Waals surface area contributed by atoms with Gasteiger partial charge in [-0.25, -0.2) is 4.39 Å². The highest BCUT2D eigenvalue weighted by molar-refractivity contribution is 5.33. The lowest BCUT2D eigenvalue weighted by molar-refractivity contribution is 0.129. The number of hydrogen-bond acceptors (Lipinski definition) is 4. The second-order valence-corrected chi connectivity index (χ2v) is 4.04. The molecule has 0 heterocycles. The second kappa shape index (κ2) is 6.54. The first-order valence-corrected chi connectivity index (χ1v) is 5.46. The summed E-state index contributed by atoms with van der Waals surface area (Å²) in [5, 5.41) is 9.42. The molecule has 4 nitrogen and oxygen atoms in total. The van der Waals surface area contributed by atoms with Crippen molar-refractivity contribution < 1.29 is 14.2 Å². The molecule has 0 aliphatic heterocycles. The molecule has 1 aromatic carbocycles. The summed E-state index contributed by atoms with van der Waals surface area (Å²) in [4.78, 5) is 1.87. The van der Waals surface area contributed by atoms with E-state index in [0.717, 1.165) is 5.56 Å². The Bertz CT molecular complexity index is 360. The van der Waals surface area contributed by atoms with E-state index in [2.05, 4.69) is 0 Å². The van der Waals surface area contributed by atoms with Crippen molar-refractivity contribution in [1.29, 1.82) is 0 Å². The van der Waals surface area contributed by atoms with Gasteiger partial charge >= 0.3 is 0 Å². The van der Waals surface area contributed by atoms with Gasteiger partial charge < -0.3 is 15.6 Å². The van der Waals surface area contributed by atoms with Crippen LogP contribution in [0.15, 0.2) is 18.2 Å². The third-order valence-corrected chi connectivity index (χ3v) is 2.48. The molecule has 1 aromatic rings. The third kappa shape index (κ3) is 4.30.